The molecule has 0 heterocycles. The first kappa shape index (κ1) is 3.71. The van der Waals surface area contributed by atoms with Gasteiger partial charge in [-0.15, -0.1) is 0 Å². The lowest BCUT2D eigenvalue weighted by molar-refractivity contribution is 1.15. The Morgan fingerprint density at radius 3 is 2.88 bits per heavy atom. The molecule has 0 fully saturated rings. The quantitative estimate of drug-likeness (QED) is 0.428. The molecule has 0 aromatic heterocycles. The molecule has 50 valence electrons. The highest BCUT2D eigenvalue weighted by Crippen LogP contribution is 2.18. The van der Waals surface area contributed by atoms with Crippen LogP contribution in [0.5, 0.6) is 0 Å². The molecule has 0 aliphatic heterocycles. The minimum atomic E-state index is -1.88. The van der Waals surface area contributed by atoms with Crippen molar-refractivity contribution in [3.63, 3.8) is 0 Å². The van der Waals surface area contributed by atoms with Gasteiger partial charge in [0.25, 0.3) is 0 Å². The molecule has 0 unspecified atom stereocenters. The van der Waals surface area contributed by atoms with E-state index in [2.05, 4.69) is 0 Å². The van der Waals surface area contributed by atoms with Crippen LogP contribution in [0.4, 0.5) is 0 Å². The average Bonchev–Trinajstić information content (AvgIpc) is 1.98. The zero-order valence-corrected chi connectivity index (χ0v) is 6.10. The van der Waals surface area contributed by atoms with Crippen molar-refractivity contribution in [3.05, 3.63) is 0 Å². The summed E-state index contributed by atoms with van der Waals surface area (Å²) in [7, 11) is 2.75. The van der Waals surface area contributed by atoms with Crippen molar-refractivity contribution in [2.75, 3.05) is 24.5 Å². The van der Waals surface area contributed by atoms with Crippen molar-refractivity contribution in [1.29, 1.82) is 0 Å². The first-order valence-electron chi connectivity index (χ1n) is 4.12. The molecule has 4 N–H and O–H groups in total. The van der Waals surface area contributed by atoms with Gasteiger partial charge < -0.3 is 11.5 Å². The topological polar surface area (TPSA) is 52.0 Å². The van der Waals surface area contributed by atoms with Crippen LogP contribution in [0.1, 0.15) is 2.74 Å². The summed E-state index contributed by atoms with van der Waals surface area (Å²) in [6.07, 6.45) is 0. The molecule has 0 amide bonds. The number of nitrogens with two attached hydrogens (primary N) is 2. The molecule has 0 aromatic rings. The van der Waals surface area contributed by atoms with E-state index in [-0.39, 0.29) is 11.5 Å². The second-order valence-corrected chi connectivity index (χ2v) is 3.61. The normalized spacial score (nSPS) is 19.2. The Morgan fingerprint density at radius 2 is 2.25 bits per heavy atom. The third-order valence-electron chi connectivity index (χ3n) is 0.408. The summed E-state index contributed by atoms with van der Waals surface area (Å²) in [6, 6.07) is 0. The van der Waals surface area contributed by atoms with Gasteiger partial charge in [0.2, 0.25) is 0 Å². The molecular weight excluding hydrogens is 140 g/mol. The van der Waals surface area contributed by atoms with Gasteiger partial charge in [0.15, 0.2) is 0 Å². The Labute approximate surface area is 63.9 Å². The Kier molecular flexibility index (Phi) is 3.53. The van der Waals surface area contributed by atoms with Crippen LogP contribution in [0.3, 0.4) is 0 Å². The van der Waals surface area contributed by atoms with Crippen molar-refractivity contribution in [2.45, 2.75) is 0 Å². The molecule has 0 aliphatic carbocycles. The van der Waals surface area contributed by atoms with E-state index in [0.29, 0.717) is 6.54 Å². The van der Waals surface area contributed by atoms with Gasteiger partial charge in [-0.25, -0.2) is 0 Å². The van der Waals surface area contributed by atoms with Crippen LogP contribution in [-0.4, -0.2) is 24.5 Å². The minimum Gasteiger partial charge on any atom is -0.330 e. The van der Waals surface area contributed by atoms with E-state index >= 15 is 0 Å². The molecule has 0 aromatic carbocycles. The minimum absolute atomic E-state index is 0.0863. The Morgan fingerprint density at radius 1 is 1.50 bits per heavy atom. The Balaban J connectivity index is 3.47. The maximum Gasteiger partial charge on any atom is 0.118 e. The van der Waals surface area contributed by atoms with Crippen LogP contribution >= 0.6 is 21.6 Å². The Bertz CT molecular complexity index is 124. The summed E-state index contributed by atoms with van der Waals surface area (Å²) in [4.78, 5) is 0. The molecule has 0 atom stereocenters. The van der Waals surface area contributed by atoms with E-state index in [1.807, 2.05) is 0 Å². The van der Waals surface area contributed by atoms with Gasteiger partial charge in [0.05, 0.1) is 0 Å². The van der Waals surface area contributed by atoms with Crippen molar-refractivity contribution in [3.8, 4) is 0 Å². The summed E-state index contributed by atoms with van der Waals surface area (Å²) in [6.45, 7) is -1.32. The van der Waals surface area contributed by atoms with Gasteiger partial charge in [0.1, 0.15) is 2.82 Å². The van der Waals surface area contributed by atoms with Crippen molar-refractivity contribution < 1.29 is 5.57 Å². The molecule has 0 bridgehead atoms. The molecule has 8 heavy (non-hydrogen) atoms. The highest BCUT2D eigenvalue weighted by Gasteiger charge is 1.84. The van der Waals surface area contributed by atoms with Gasteiger partial charge in [-0.1, -0.05) is 21.6 Å². The highest BCUT2D eigenvalue weighted by molar-refractivity contribution is 8.76. The second-order valence-electron chi connectivity index (χ2n) is 1.03. The van der Waals surface area contributed by atoms with Crippen LogP contribution in [0, 0.1) is 0 Å². The van der Waals surface area contributed by atoms with Crippen LogP contribution in [-0.2, 0) is 0 Å². The first-order chi connectivity index (χ1) is 5.50. The van der Waals surface area contributed by atoms with E-state index in [9.17, 15) is 0 Å². The lowest BCUT2D eigenvalue weighted by atomic mass is 10.8. The maximum atomic E-state index is 7.17. The fraction of sp³-hybridized carbons (Fsp3) is 1.00. The van der Waals surface area contributed by atoms with Crippen LogP contribution in [0.15, 0.2) is 0 Å². The molecule has 0 aliphatic rings. The standard InChI is InChI=1S/C4H12N2S2/c5-1-3-7-8-4-2-6/h1-6H2/i1D2/hD2. The van der Waals surface area contributed by atoms with Crippen LogP contribution in [0.25, 0.3) is 0 Å². The van der Waals surface area contributed by atoms with Gasteiger partial charge in [0, 0.05) is 27.3 Å². The van der Waals surface area contributed by atoms with Gasteiger partial charge in [-0.05, 0) is 0 Å². The van der Waals surface area contributed by atoms with E-state index < -0.39 is 6.50 Å². The molecule has 0 saturated heterocycles. The molecule has 0 rings (SSSR count). The zero-order valence-electron chi connectivity index (χ0n) is 8.46. The molecule has 0 radical (unpaired) electrons. The monoisotopic (exact) mass is 156 g/mol. The third kappa shape index (κ3) is 6.62. The van der Waals surface area contributed by atoms with Gasteiger partial charge in [-0.3, -0.25) is 0 Å². The molecule has 0 saturated carbocycles. The lowest BCUT2D eigenvalue weighted by Crippen LogP contribution is -2.02. The fourth-order valence-corrected chi connectivity index (χ4v) is 1.58. The fourth-order valence-electron chi connectivity index (χ4n) is 0.175. The van der Waals surface area contributed by atoms with E-state index in [4.69, 9.17) is 11.3 Å². The molecule has 0 spiro atoms. The largest absolute Gasteiger partial charge is 0.330 e. The lowest BCUT2D eigenvalue weighted by Gasteiger charge is -1.93. The van der Waals surface area contributed by atoms with Crippen molar-refractivity contribution in [2.24, 2.45) is 11.5 Å². The molecule has 4 heteroatoms. The molecule has 2 nitrogen and oxygen atoms in total. The summed E-state index contributed by atoms with van der Waals surface area (Å²) < 4.78 is 27.8. The third-order valence-corrected chi connectivity index (χ3v) is 2.58. The van der Waals surface area contributed by atoms with E-state index in [1.165, 1.54) is 21.6 Å². The van der Waals surface area contributed by atoms with Gasteiger partial charge >= 0.3 is 0 Å². The van der Waals surface area contributed by atoms with Gasteiger partial charge in [-0.2, -0.15) is 0 Å². The summed E-state index contributed by atoms with van der Waals surface area (Å²) in [5.74, 6) is 0.863. The number of hydrogen-bond acceptors (Lipinski definition) is 4. The number of hydrogen-bond donors (Lipinski definition) is 2. The number of rotatable bonds is 6. The summed E-state index contributed by atoms with van der Waals surface area (Å²) in [5, 5.41) is 0. The molecular formula is C4H12N2S2. The highest BCUT2D eigenvalue weighted by atomic mass is 33.1. The average molecular weight is 156 g/mol. The van der Waals surface area contributed by atoms with E-state index in [1.54, 1.807) is 0 Å². The predicted molar refractivity (Wildman–Crippen MR) is 43.0 cm³/mol. The van der Waals surface area contributed by atoms with Crippen molar-refractivity contribution in [1.82, 2.24) is 0 Å². The van der Waals surface area contributed by atoms with E-state index in [0.717, 1.165) is 5.75 Å². The zero-order chi connectivity index (χ0) is 9.61. The second kappa shape index (κ2) is 7.62. The summed E-state index contributed by atoms with van der Waals surface area (Å²) in [5.41, 5.74) is 5.31. The maximum absolute atomic E-state index is 7.17. The van der Waals surface area contributed by atoms with Crippen LogP contribution in [0.2, 0.25) is 2.82 Å². The SMILES string of the molecule is [2H]N([2H])C([2H])([2H])CSSCCN. The smallest absolute Gasteiger partial charge is 0.118 e. The van der Waals surface area contributed by atoms with Crippen LogP contribution < -0.4 is 11.5 Å². The predicted octanol–water partition coefficient (Wildman–Crippen LogP) is 0.285. The Hall–Kier alpha value is 0.620. The summed E-state index contributed by atoms with van der Waals surface area (Å²) >= 11 is 0. The first-order valence-corrected chi connectivity index (χ1v) is 4.72. The van der Waals surface area contributed by atoms with Crippen molar-refractivity contribution >= 4 is 21.6 Å².